The van der Waals surface area contributed by atoms with Gasteiger partial charge in [-0.1, -0.05) is 18.2 Å². The van der Waals surface area contributed by atoms with Crippen LogP contribution in [-0.4, -0.2) is 27.1 Å². The van der Waals surface area contributed by atoms with Crippen LogP contribution in [0.4, 0.5) is 0 Å². The van der Waals surface area contributed by atoms with E-state index in [1.165, 1.54) is 0 Å². The molecule has 100 valence electrons. The van der Waals surface area contributed by atoms with Crippen LogP contribution in [0.5, 0.6) is 0 Å². The van der Waals surface area contributed by atoms with E-state index in [4.69, 9.17) is 4.74 Å². The number of hydrogen-bond donors (Lipinski definition) is 1. The molecule has 2 heterocycles. The Morgan fingerprint density at radius 3 is 2.79 bits per heavy atom. The number of aromatic nitrogens is 2. The molecule has 1 aliphatic rings. The number of aliphatic hydroxyl groups excluding tert-OH is 1. The first-order valence-corrected chi connectivity index (χ1v) is 6.62. The van der Waals surface area contributed by atoms with Crippen LogP contribution in [0.15, 0.2) is 42.6 Å². The van der Waals surface area contributed by atoms with Crippen molar-refractivity contribution in [2.75, 3.05) is 6.61 Å². The molecule has 1 N–H and O–H groups in total. The molecular formula is C15H18N2O2. The smallest absolute Gasteiger partial charge is 0.125 e. The lowest BCUT2D eigenvalue weighted by molar-refractivity contribution is -0.0821. The van der Waals surface area contributed by atoms with E-state index in [2.05, 4.69) is 5.10 Å². The fourth-order valence-electron chi connectivity index (χ4n) is 2.63. The van der Waals surface area contributed by atoms with Gasteiger partial charge in [-0.2, -0.15) is 5.10 Å². The highest BCUT2D eigenvalue weighted by molar-refractivity contribution is 5.33. The number of nitrogens with zero attached hydrogens (tertiary/aromatic N) is 2. The highest BCUT2D eigenvalue weighted by Crippen LogP contribution is 2.37. The standard InChI is InChI=1S/C15H18N2O2/c1-15(9-5-11-19-15)14(18)13-8-10-16-17(13)12-6-3-2-4-7-12/h2-4,6-8,10,14,18H,5,9,11H2,1H3. The maximum Gasteiger partial charge on any atom is 0.125 e. The van der Waals surface area contributed by atoms with Crippen LogP contribution < -0.4 is 0 Å². The topological polar surface area (TPSA) is 47.3 Å². The van der Waals surface area contributed by atoms with Gasteiger partial charge in [-0.25, -0.2) is 4.68 Å². The molecule has 0 bridgehead atoms. The molecule has 1 aromatic carbocycles. The fraction of sp³-hybridized carbons (Fsp3) is 0.400. The van der Waals surface area contributed by atoms with Crippen LogP contribution in [0.25, 0.3) is 5.69 Å². The van der Waals surface area contributed by atoms with Gasteiger partial charge in [0.2, 0.25) is 0 Å². The lowest BCUT2D eigenvalue weighted by Gasteiger charge is -2.29. The summed E-state index contributed by atoms with van der Waals surface area (Å²) in [4.78, 5) is 0. The molecular weight excluding hydrogens is 240 g/mol. The first kappa shape index (κ1) is 12.4. The third kappa shape index (κ3) is 2.17. The third-order valence-electron chi connectivity index (χ3n) is 3.78. The largest absolute Gasteiger partial charge is 0.384 e. The van der Waals surface area contributed by atoms with Crippen molar-refractivity contribution in [1.29, 1.82) is 0 Å². The Labute approximate surface area is 112 Å². The Bertz CT molecular complexity index is 544. The van der Waals surface area contributed by atoms with Crippen LogP contribution in [-0.2, 0) is 4.74 Å². The molecule has 0 amide bonds. The highest BCUT2D eigenvalue weighted by atomic mass is 16.5. The Kier molecular flexibility index (Phi) is 3.12. The zero-order valence-electron chi connectivity index (χ0n) is 11.0. The summed E-state index contributed by atoms with van der Waals surface area (Å²) in [7, 11) is 0. The van der Waals surface area contributed by atoms with Crippen molar-refractivity contribution < 1.29 is 9.84 Å². The van der Waals surface area contributed by atoms with Crippen LogP contribution >= 0.6 is 0 Å². The van der Waals surface area contributed by atoms with Crippen LogP contribution in [0.1, 0.15) is 31.6 Å². The van der Waals surface area contributed by atoms with E-state index < -0.39 is 11.7 Å². The van der Waals surface area contributed by atoms with Gasteiger partial charge in [0.25, 0.3) is 0 Å². The number of rotatable bonds is 3. The van der Waals surface area contributed by atoms with Gasteiger partial charge in [0.05, 0.1) is 17.0 Å². The van der Waals surface area contributed by atoms with Crippen molar-refractivity contribution in [3.05, 3.63) is 48.3 Å². The second-order valence-electron chi connectivity index (χ2n) is 5.17. The quantitative estimate of drug-likeness (QED) is 0.920. The van der Waals surface area contributed by atoms with Crippen LogP contribution in [0.2, 0.25) is 0 Å². The maximum atomic E-state index is 10.6. The van der Waals surface area contributed by atoms with E-state index in [1.54, 1.807) is 10.9 Å². The summed E-state index contributed by atoms with van der Waals surface area (Å²) in [6, 6.07) is 11.7. The molecule has 4 heteroatoms. The molecule has 0 saturated carbocycles. The summed E-state index contributed by atoms with van der Waals surface area (Å²) in [5, 5.41) is 14.9. The summed E-state index contributed by atoms with van der Waals surface area (Å²) in [5.41, 5.74) is 1.21. The molecule has 0 aliphatic carbocycles. The molecule has 3 rings (SSSR count). The number of ether oxygens (including phenoxy) is 1. The second-order valence-corrected chi connectivity index (χ2v) is 5.17. The van der Waals surface area contributed by atoms with Crippen molar-refractivity contribution in [3.63, 3.8) is 0 Å². The summed E-state index contributed by atoms with van der Waals surface area (Å²) >= 11 is 0. The lowest BCUT2D eigenvalue weighted by Crippen LogP contribution is -2.33. The summed E-state index contributed by atoms with van der Waals surface area (Å²) in [5.74, 6) is 0. The molecule has 2 unspecified atom stereocenters. The minimum Gasteiger partial charge on any atom is -0.384 e. The SMILES string of the molecule is CC1(C(O)c2ccnn2-c2ccccc2)CCCO1. The number of benzene rings is 1. The Morgan fingerprint density at radius 1 is 1.32 bits per heavy atom. The minimum absolute atomic E-state index is 0.507. The Hall–Kier alpha value is -1.65. The van der Waals surface area contributed by atoms with E-state index in [0.29, 0.717) is 6.61 Å². The minimum atomic E-state index is -0.669. The zero-order chi connectivity index (χ0) is 13.3. The monoisotopic (exact) mass is 258 g/mol. The Morgan fingerprint density at radius 2 is 2.11 bits per heavy atom. The number of aliphatic hydroxyl groups is 1. The Balaban J connectivity index is 1.96. The van der Waals surface area contributed by atoms with Gasteiger partial charge >= 0.3 is 0 Å². The number of para-hydroxylation sites is 1. The van der Waals surface area contributed by atoms with Gasteiger partial charge < -0.3 is 9.84 Å². The van der Waals surface area contributed by atoms with Gasteiger partial charge in [-0.05, 0) is 38.0 Å². The first-order chi connectivity index (χ1) is 9.21. The van der Waals surface area contributed by atoms with Crippen LogP contribution in [0.3, 0.4) is 0 Å². The molecule has 1 aromatic heterocycles. The van der Waals surface area contributed by atoms with Crippen molar-refractivity contribution in [2.24, 2.45) is 0 Å². The van der Waals surface area contributed by atoms with Gasteiger partial charge in [-0.3, -0.25) is 0 Å². The highest BCUT2D eigenvalue weighted by Gasteiger charge is 2.39. The lowest BCUT2D eigenvalue weighted by atomic mass is 9.93. The van der Waals surface area contributed by atoms with Gasteiger partial charge in [0.15, 0.2) is 0 Å². The third-order valence-corrected chi connectivity index (χ3v) is 3.78. The molecule has 2 atom stereocenters. The predicted octanol–water partition coefficient (Wildman–Crippen LogP) is 2.47. The van der Waals surface area contributed by atoms with E-state index in [-0.39, 0.29) is 0 Å². The molecule has 1 aliphatic heterocycles. The van der Waals surface area contributed by atoms with Gasteiger partial charge in [0, 0.05) is 12.8 Å². The number of hydrogen-bond acceptors (Lipinski definition) is 3. The van der Waals surface area contributed by atoms with E-state index in [0.717, 1.165) is 24.2 Å². The predicted molar refractivity (Wildman–Crippen MR) is 72.1 cm³/mol. The molecule has 0 radical (unpaired) electrons. The van der Waals surface area contributed by atoms with E-state index in [1.807, 2.05) is 43.3 Å². The maximum absolute atomic E-state index is 10.6. The van der Waals surface area contributed by atoms with Crippen molar-refractivity contribution in [3.8, 4) is 5.69 Å². The second kappa shape index (κ2) is 4.79. The molecule has 19 heavy (non-hydrogen) atoms. The molecule has 1 saturated heterocycles. The van der Waals surface area contributed by atoms with Crippen molar-refractivity contribution in [2.45, 2.75) is 31.5 Å². The average Bonchev–Trinajstić information content (AvgIpc) is 3.08. The summed E-state index contributed by atoms with van der Waals surface area (Å²) < 4.78 is 7.50. The van der Waals surface area contributed by atoms with Crippen molar-refractivity contribution in [1.82, 2.24) is 9.78 Å². The first-order valence-electron chi connectivity index (χ1n) is 6.62. The normalized spacial score (nSPS) is 24.5. The fourth-order valence-corrected chi connectivity index (χ4v) is 2.63. The summed E-state index contributed by atoms with van der Waals surface area (Å²) in [6.45, 7) is 2.68. The van der Waals surface area contributed by atoms with E-state index >= 15 is 0 Å². The molecule has 2 aromatic rings. The van der Waals surface area contributed by atoms with Gasteiger partial charge in [-0.15, -0.1) is 0 Å². The van der Waals surface area contributed by atoms with Crippen LogP contribution in [0, 0.1) is 0 Å². The average molecular weight is 258 g/mol. The van der Waals surface area contributed by atoms with E-state index in [9.17, 15) is 5.11 Å². The summed E-state index contributed by atoms with van der Waals surface area (Å²) in [6.07, 6.45) is 2.91. The zero-order valence-corrected chi connectivity index (χ0v) is 11.0. The molecule has 1 fully saturated rings. The molecule has 0 spiro atoms. The molecule has 4 nitrogen and oxygen atoms in total. The van der Waals surface area contributed by atoms with Crippen molar-refractivity contribution >= 4 is 0 Å². The van der Waals surface area contributed by atoms with Gasteiger partial charge in [0.1, 0.15) is 6.10 Å².